The summed E-state index contributed by atoms with van der Waals surface area (Å²) in [6.07, 6.45) is -7.03. The molecular formula is C26H44F2N2O6Si2. The van der Waals surface area contributed by atoms with Crippen molar-refractivity contribution in [3.63, 3.8) is 0 Å². The van der Waals surface area contributed by atoms with Crippen LogP contribution in [0.3, 0.4) is 0 Å². The van der Waals surface area contributed by atoms with Crippen molar-refractivity contribution in [1.29, 1.82) is 10.5 Å². The standard InChI is InChI=1S/2C13H22FNO3Si/c1-13(2,3)19(4,5)18-11-9(14)8-17-12(11)10(16)6-7-15;1-13(2,3)19(4,5)18-10-8-17-12(11(10)14)9(16)6-7-15/h9,11-12H,6,8H2,1-5H3;10-12H,6,8H2,1-5H3/t9-,11+,12-;10-,11+,12+/m01/s1. The summed E-state index contributed by atoms with van der Waals surface area (Å²) >= 11 is 0. The summed E-state index contributed by atoms with van der Waals surface area (Å²) in [7, 11) is -4.27. The highest BCUT2D eigenvalue weighted by Crippen LogP contribution is 2.40. The highest BCUT2D eigenvalue weighted by molar-refractivity contribution is 6.74. The maximum atomic E-state index is 14.2. The number of nitriles is 2. The Balaban J connectivity index is 0.000000380. The second-order valence-corrected chi connectivity index (χ2v) is 22.3. The zero-order chi connectivity index (χ0) is 29.7. The molecule has 2 fully saturated rings. The quantitative estimate of drug-likeness (QED) is 0.363. The maximum absolute atomic E-state index is 14.2. The SMILES string of the molecule is CC(C)(C)[Si](C)(C)O[C@@H]1CO[C@@H](C(=O)CC#N)[C@H]1F.CC(C)(C)[Si](C)(C)O[C@@H]1[C@@H](F)CO[C@H]1C(=O)CC#N. The summed E-state index contributed by atoms with van der Waals surface area (Å²) in [6, 6.07) is 3.50. The largest absolute Gasteiger partial charge is 0.408 e. The van der Waals surface area contributed by atoms with Gasteiger partial charge in [-0.15, -0.1) is 0 Å². The fraction of sp³-hybridized carbons (Fsp3) is 0.846. The Kier molecular flexibility index (Phi) is 12.0. The second kappa shape index (κ2) is 13.2. The van der Waals surface area contributed by atoms with E-state index in [-0.39, 0.29) is 36.1 Å². The third-order valence-electron chi connectivity index (χ3n) is 7.80. The van der Waals surface area contributed by atoms with E-state index >= 15 is 0 Å². The van der Waals surface area contributed by atoms with Gasteiger partial charge in [-0.2, -0.15) is 10.5 Å². The van der Waals surface area contributed by atoms with Gasteiger partial charge in [0.05, 0.1) is 38.2 Å². The first-order valence-electron chi connectivity index (χ1n) is 12.9. The van der Waals surface area contributed by atoms with Gasteiger partial charge in [0.1, 0.15) is 18.3 Å². The molecule has 0 amide bonds. The molecule has 2 saturated heterocycles. The fourth-order valence-electron chi connectivity index (χ4n) is 3.36. The zero-order valence-electron chi connectivity index (χ0n) is 24.4. The van der Waals surface area contributed by atoms with Crippen molar-refractivity contribution in [2.45, 2.75) is 127 Å². The normalized spacial score (nSPS) is 28.2. The molecule has 0 aliphatic carbocycles. The molecule has 12 heteroatoms. The molecule has 6 atom stereocenters. The van der Waals surface area contributed by atoms with Crippen LogP contribution in [0.25, 0.3) is 0 Å². The monoisotopic (exact) mass is 574 g/mol. The minimum atomic E-state index is -2.18. The van der Waals surface area contributed by atoms with E-state index < -0.39 is 65.0 Å². The van der Waals surface area contributed by atoms with Gasteiger partial charge < -0.3 is 18.3 Å². The van der Waals surface area contributed by atoms with Crippen LogP contribution < -0.4 is 0 Å². The molecule has 2 heterocycles. The number of ether oxygens (including phenoxy) is 2. The molecule has 0 bridgehead atoms. The molecule has 2 aliphatic heterocycles. The minimum absolute atomic E-state index is 0.0263. The van der Waals surface area contributed by atoms with Crippen molar-refractivity contribution in [2.24, 2.45) is 0 Å². The Morgan fingerprint density at radius 1 is 0.816 bits per heavy atom. The number of nitrogens with zero attached hydrogens (tertiary/aromatic N) is 2. The van der Waals surface area contributed by atoms with Gasteiger partial charge in [0, 0.05) is 0 Å². The number of Topliss-reactive ketones (excluding diaryl/α,β-unsaturated/α-hetero) is 2. The fourth-order valence-corrected chi connectivity index (χ4v) is 5.98. The molecular weight excluding hydrogens is 530 g/mol. The molecule has 0 unspecified atom stereocenters. The smallest absolute Gasteiger partial charge is 0.192 e. The molecule has 38 heavy (non-hydrogen) atoms. The average Bonchev–Trinajstić information content (AvgIpc) is 3.29. The number of rotatable bonds is 8. The summed E-state index contributed by atoms with van der Waals surface area (Å²) in [4.78, 5) is 23.3. The molecule has 0 spiro atoms. The number of halogens is 2. The predicted octanol–water partition coefficient (Wildman–Crippen LogP) is 5.19. The molecule has 0 aromatic rings. The minimum Gasteiger partial charge on any atom is -0.408 e. The number of carbonyl (C=O) groups excluding carboxylic acids is 2. The summed E-state index contributed by atoms with van der Waals surface area (Å²) in [6.45, 7) is 20.4. The molecule has 8 nitrogen and oxygen atoms in total. The molecule has 0 radical (unpaired) electrons. The van der Waals surface area contributed by atoms with Gasteiger partial charge in [0.15, 0.2) is 46.6 Å². The van der Waals surface area contributed by atoms with Crippen molar-refractivity contribution in [2.75, 3.05) is 13.2 Å². The number of alkyl halides is 2. The summed E-state index contributed by atoms with van der Waals surface area (Å²) in [5.74, 6) is -0.900. The Morgan fingerprint density at radius 3 is 1.68 bits per heavy atom. The van der Waals surface area contributed by atoms with Crippen molar-refractivity contribution in [3.05, 3.63) is 0 Å². The molecule has 0 aromatic heterocycles. The van der Waals surface area contributed by atoms with Crippen LogP contribution >= 0.6 is 0 Å². The van der Waals surface area contributed by atoms with Gasteiger partial charge in [-0.3, -0.25) is 9.59 Å². The van der Waals surface area contributed by atoms with Gasteiger partial charge in [-0.05, 0) is 36.3 Å². The highest BCUT2D eigenvalue weighted by Gasteiger charge is 2.49. The number of ketones is 2. The van der Waals surface area contributed by atoms with Crippen LogP contribution in [0.2, 0.25) is 36.3 Å². The van der Waals surface area contributed by atoms with Crippen LogP contribution in [-0.4, -0.2) is 78.2 Å². The molecule has 216 valence electrons. The van der Waals surface area contributed by atoms with Crippen LogP contribution in [0.1, 0.15) is 54.4 Å². The van der Waals surface area contributed by atoms with E-state index in [1.165, 1.54) is 0 Å². The van der Waals surface area contributed by atoms with Crippen LogP contribution in [0, 0.1) is 22.7 Å². The van der Waals surface area contributed by atoms with Crippen molar-refractivity contribution in [1.82, 2.24) is 0 Å². The van der Waals surface area contributed by atoms with Crippen LogP contribution in [0.5, 0.6) is 0 Å². The lowest BCUT2D eigenvalue weighted by Crippen LogP contribution is -2.49. The summed E-state index contributed by atoms with van der Waals surface area (Å²) in [5.41, 5.74) is 0. The van der Waals surface area contributed by atoms with Gasteiger partial charge in [0.2, 0.25) is 0 Å². The van der Waals surface area contributed by atoms with E-state index in [0.29, 0.717) is 0 Å². The first kappa shape index (κ1) is 34.5. The lowest BCUT2D eigenvalue weighted by molar-refractivity contribution is -0.130. The summed E-state index contributed by atoms with van der Waals surface area (Å²) in [5, 5.41) is 16.9. The lowest BCUT2D eigenvalue weighted by atomic mass is 10.1. The van der Waals surface area contributed by atoms with Crippen LogP contribution in [0.15, 0.2) is 0 Å². The summed E-state index contributed by atoms with van der Waals surface area (Å²) < 4.78 is 50.3. The maximum Gasteiger partial charge on any atom is 0.192 e. The first-order chi connectivity index (χ1) is 17.2. The Hall–Kier alpha value is -1.55. The lowest BCUT2D eigenvalue weighted by Gasteiger charge is -2.39. The Bertz CT molecular complexity index is 921. The Morgan fingerprint density at radius 2 is 1.24 bits per heavy atom. The Labute approximate surface area is 228 Å². The van der Waals surface area contributed by atoms with E-state index in [4.69, 9.17) is 28.8 Å². The third-order valence-corrected chi connectivity index (χ3v) is 16.8. The van der Waals surface area contributed by atoms with Crippen molar-refractivity contribution in [3.8, 4) is 12.1 Å². The molecule has 2 aliphatic rings. The van der Waals surface area contributed by atoms with Gasteiger partial charge in [0.25, 0.3) is 0 Å². The van der Waals surface area contributed by atoms with E-state index in [1.807, 2.05) is 47.0 Å². The molecule has 2 rings (SSSR count). The van der Waals surface area contributed by atoms with Gasteiger partial charge >= 0.3 is 0 Å². The van der Waals surface area contributed by atoms with E-state index in [9.17, 15) is 18.4 Å². The topological polar surface area (TPSA) is 119 Å². The van der Waals surface area contributed by atoms with Crippen LogP contribution in [0.4, 0.5) is 8.78 Å². The molecule has 0 saturated carbocycles. The predicted molar refractivity (Wildman–Crippen MR) is 144 cm³/mol. The van der Waals surface area contributed by atoms with Gasteiger partial charge in [-0.1, -0.05) is 41.5 Å². The number of hydrogen-bond donors (Lipinski definition) is 0. The molecule has 0 aromatic carbocycles. The zero-order valence-corrected chi connectivity index (χ0v) is 26.4. The third kappa shape index (κ3) is 8.73. The first-order valence-corrected chi connectivity index (χ1v) is 18.7. The average molecular weight is 575 g/mol. The highest BCUT2D eigenvalue weighted by atomic mass is 28.4. The van der Waals surface area contributed by atoms with E-state index in [2.05, 4.69) is 20.8 Å². The molecule has 0 N–H and O–H groups in total. The van der Waals surface area contributed by atoms with E-state index in [1.54, 1.807) is 12.1 Å². The van der Waals surface area contributed by atoms with Crippen molar-refractivity contribution < 1.29 is 36.7 Å². The van der Waals surface area contributed by atoms with E-state index in [0.717, 1.165) is 0 Å². The number of hydrogen-bond acceptors (Lipinski definition) is 8. The van der Waals surface area contributed by atoms with Crippen LogP contribution in [-0.2, 0) is 27.9 Å². The second-order valence-electron chi connectivity index (χ2n) is 12.8. The van der Waals surface area contributed by atoms with Crippen molar-refractivity contribution >= 4 is 28.2 Å². The number of carbonyl (C=O) groups is 2. The van der Waals surface area contributed by atoms with Gasteiger partial charge in [-0.25, -0.2) is 8.78 Å².